The highest BCUT2D eigenvalue weighted by Gasteiger charge is 2.03. The van der Waals surface area contributed by atoms with Gasteiger partial charge in [-0.2, -0.15) is 0 Å². The maximum atomic E-state index is 6.23. The molecular formula is C16H27ClN4O. The normalized spacial score (nSPS) is 11.6. The molecule has 0 saturated carbocycles. The van der Waals surface area contributed by atoms with Crippen molar-refractivity contribution in [1.82, 2.24) is 15.5 Å². The lowest BCUT2D eigenvalue weighted by Crippen LogP contribution is -2.39. The van der Waals surface area contributed by atoms with Crippen molar-refractivity contribution in [2.45, 2.75) is 12.8 Å². The van der Waals surface area contributed by atoms with E-state index in [1.807, 2.05) is 18.2 Å². The summed E-state index contributed by atoms with van der Waals surface area (Å²) in [4.78, 5) is 6.38. The van der Waals surface area contributed by atoms with Gasteiger partial charge in [-0.05, 0) is 51.2 Å². The van der Waals surface area contributed by atoms with Crippen LogP contribution in [-0.2, 0) is 6.42 Å². The predicted molar refractivity (Wildman–Crippen MR) is 94.2 cm³/mol. The molecule has 0 radical (unpaired) electrons. The number of hydrogen-bond donors (Lipinski definition) is 2. The van der Waals surface area contributed by atoms with Gasteiger partial charge in [0.05, 0.1) is 7.11 Å². The number of rotatable bonds is 8. The minimum Gasteiger partial charge on any atom is -0.497 e. The van der Waals surface area contributed by atoms with E-state index < -0.39 is 0 Å². The number of halogens is 1. The molecule has 22 heavy (non-hydrogen) atoms. The molecule has 0 aliphatic carbocycles. The van der Waals surface area contributed by atoms with Gasteiger partial charge < -0.3 is 20.3 Å². The van der Waals surface area contributed by atoms with Crippen molar-refractivity contribution in [3.8, 4) is 5.75 Å². The molecule has 0 aliphatic rings. The molecule has 5 nitrogen and oxygen atoms in total. The third kappa shape index (κ3) is 7.00. The van der Waals surface area contributed by atoms with Gasteiger partial charge in [0.25, 0.3) is 0 Å². The molecule has 0 aromatic heterocycles. The summed E-state index contributed by atoms with van der Waals surface area (Å²) in [5.41, 5.74) is 1.10. The summed E-state index contributed by atoms with van der Waals surface area (Å²) >= 11 is 6.23. The highest BCUT2D eigenvalue weighted by atomic mass is 35.5. The van der Waals surface area contributed by atoms with Crippen LogP contribution in [0.3, 0.4) is 0 Å². The Kier molecular flexibility index (Phi) is 8.70. The Morgan fingerprint density at radius 2 is 2.00 bits per heavy atom. The maximum Gasteiger partial charge on any atom is 0.190 e. The Hall–Kier alpha value is -1.46. The van der Waals surface area contributed by atoms with Crippen molar-refractivity contribution in [1.29, 1.82) is 0 Å². The average molecular weight is 327 g/mol. The van der Waals surface area contributed by atoms with Crippen molar-refractivity contribution in [3.05, 3.63) is 28.8 Å². The second-order valence-corrected chi connectivity index (χ2v) is 5.70. The van der Waals surface area contributed by atoms with E-state index in [-0.39, 0.29) is 0 Å². The molecule has 0 amide bonds. The van der Waals surface area contributed by atoms with Gasteiger partial charge in [0.2, 0.25) is 0 Å². The summed E-state index contributed by atoms with van der Waals surface area (Å²) in [6, 6.07) is 5.76. The minimum atomic E-state index is 0.732. The van der Waals surface area contributed by atoms with Crippen LogP contribution in [0.4, 0.5) is 0 Å². The first-order valence-corrected chi connectivity index (χ1v) is 7.86. The second kappa shape index (κ2) is 10.3. The summed E-state index contributed by atoms with van der Waals surface area (Å²) in [5, 5.41) is 7.33. The van der Waals surface area contributed by atoms with Gasteiger partial charge in [-0.25, -0.2) is 0 Å². The molecule has 0 heterocycles. The number of ether oxygens (including phenoxy) is 1. The van der Waals surface area contributed by atoms with Crippen LogP contribution < -0.4 is 15.4 Å². The van der Waals surface area contributed by atoms with Crippen molar-refractivity contribution in [2.24, 2.45) is 4.99 Å². The number of aliphatic imine (C=N–C) groups is 1. The van der Waals surface area contributed by atoms with Crippen LogP contribution in [0.15, 0.2) is 23.2 Å². The van der Waals surface area contributed by atoms with Crippen LogP contribution >= 0.6 is 11.6 Å². The van der Waals surface area contributed by atoms with E-state index in [1.54, 1.807) is 14.2 Å². The third-order valence-electron chi connectivity index (χ3n) is 3.25. The number of hydrogen-bond acceptors (Lipinski definition) is 3. The zero-order valence-corrected chi connectivity index (χ0v) is 14.7. The molecule has 0 bridgehead atoms. The van der Waals surface area contributed by atoms with Crippen LogP contribution in [0.5, 0.6) is 5.75 Å². The Balaban J connectivity index is 2.32. The summed E-state index contributed by atoms with van der Waals surface area (Å²) in [6.07, 6.45) is 1.92. The van der Waals surface area contributed by atoms with Crippen LogP contribution in [-0.4, -0.2) is 58.7 Å². The smallest absolute Gasteiger partial charge is 0.190 e. The molecule has 6 heteroatoms. The predicted octanol–water partition coefficient (Wildman–Crippen LogP) is 2.01. The molecule has 0 fully saturated rings. The molecule has 0 unspecified atom stereocenters. The Labute approximate surface area is 138 Å². The Bertz CT molecular complexity index is 477. The topological polar surface area (TPSA) is 48.9 Å². The second-order valence-electron chi connectivity index (χ2n) is 5.29. The van der Waals surface area contributed by atoms with Crippen LogP contribution in [0.2, 0.25) is 5.02 Å². The Morgan fingerprint density at radius 3 is 2.59 bits per heavy atom. The quantitative estimate of drug-likeness (QED) is 0.436. The standard InChI is InChI=1S/C16H27ClN4O/c1-18-16(19-9-5-11-21(2)3)20-10-8-13-6-7-14(22-4)12-15(13)17/h6-7,12H,5,8-11H2,1-4H3,(H2,18,19,20). The maximum absolute atomic E-state index is 6.23. The number of guanidine groups is 1. The van der Waals surface area contributed by atoms with E-state index in [0.29, 0.717) is 0 Å². The molecule has 124 valence electrons. The third-order valence-corrected chi connectivity index (χ3v) is 3.60. The molecular weight excluding hydrogens is 300 g/mol. The fraction of sp³-hybridized carbons (Fsp3) is 0.562. The van der Waals surface area contributed by atoms with Crippen molar-refractivity contribution >= 4 is 17.6 Å². The van der Waals surface area contributed by atoms with Gasteiger partial charge in [0.15, 0.2) is 5.96 Å². The molecule has 1 aromatic carbocycles. The van der Waals surface area contributed by atoms with E-state index in [0.717, 1.165) is 54.8 Å². The molecule has 1 aromatic rings. The molecule has 0 atom stereocenters. The summed E-state index contributed by atoms with van der Waals surface area (Å²) in [6.45, 7) is 2.74. The van der Waals surface area contributed by atoms with Crippen molar-refractivity contribution in [2.75, 3.05) is 47.9 Å². The van der Waals surface area contributed by atoms with Gasteiger partial charge in [0.1, 0.15) is 5.75 Å². The number of benzene rings is 1. The fourth-order valence-electron chi connectivity index (χ4n) is 2.00. The molecule has 0 spiro atoms. The number of nitrogens with zero attached hydrogens (tertiary/aromatic N) is 2. The van der Waals surface area contributed by atoms with E-state index in [2.05, 4.69) is 34.6 Å². The van der Waals surface area contributed by atoms with Crippen molar-refractivity contribution in [3.63, 3.8) is 0 Å². The van der Waals surface area contributed by atoms with Crippen molar-refractivity contribution < 1.29 is 4.74 Å². The number of methoxy groups -OCH3 is 1. The minimum absolute atomic E-state index is 0.732. The first kappa shape index (κ1) is 18.6. The molecule has 2 N–H and O–H groups in total. The molecule has 0 saturated heterocycles. The fourth-order valence-corrected chi connectivity index (χ4v) is 2.26. The van der Waals surface area contributed by atoms with Gasteiger partial charge in [0, 0.05) is 25.2 Å². The van der Waals surface area contributed by atoms with Gasteiger partial charge in [-0.15, -0.1) is 0 Å². The Morgan fingerprint density at radius 1 is 1.27 bits per heavy atom. The average Bonchev–Trinajstić information content (AvgIpc) is 2.50. The van der Waals surface area contributed by atoms with E-state index in [1.165, 1.54) is 0 Å². The lowest BCUT2D eigenvalue weighted by Gasteiger charge is -2.14. The van der Waals surface area contributed by atoms with Gasteiger partial charge in [-0.3, -0.25) is 4.99 Å². The first-order valence-electron chi connectivity index (χ1n) is 7.48. The summed E-state index contributed by atoms with van der Waals surface area (Å²) < 4.78 is 5.15. The van der Waals surface area contributed by atoms with Gasteiger partial charge >= 0.3 is 0 Å². The zero-order valence-electron chi connectivity index (χ0n) is 13.9. The van der Waals surface area contributed by atoms with Crippen LogP contribution in [0.1, 0.15) is 12.0 Å². The van der Waals surface area contributed by atoms with Gasteiger partial charge in [-0.1, -0.05) is 17.7 Å². The van der Waals surface area contributed by atoms with Crippen LogP contribution in [0, 0.1) is 0 Å². The molecule has 0 aliphatic heterocycles. The molecule has 1 rings (SSSR count). The van der Waals surface area contributed by atoms with E-state index in [9.17, 15) is 0 Å². The van der Waals surface area contributed by atoms with E-state index >= 15 is 0 Å². The highest BCUT2D eigenvalue weighted by molar-refractivity contribution is 6.31. The largest absolute Gasteiger partial charge is 0.497 e. The first-order chi connectivity index (χ1) is 10.6. The zero-order chi connectivity index (χ0) is 16.4. The SMILES string of the molecule is CN=C(NCCCN(C)C)NCCc1ccc(OC)cc1Cl. The lowest BCUT2D eigenvalue weighted by atomic mass is 10.1. The van der Waals surface area contributed by atoms with E-state index in [4.69, 9.17) is 16.3 Å². The summed E-state index contributed by atoms with van der Waals surface area (Å²) in [7, 11) is 7.57. The van der Waals surface area contributed by atoms with Crippen LogP contribution in [0.25, 0.3) is 0 Å². The highest BCUT2D eigenvalue weighted by Crippen LogP contribution is 2.22. The summed E-state index contributed by atoms with van der Waals surface area (Å²) in [5.74, 6) is 1.60. The number of nitrogens with one attached hydrogen (secondary N) is 2. The lowest BCUT2D eigenvalue weighted by molar-refractivity contribution is 0.399. The monoisotopic (exact) mass is 326 g/mol.